The monoisotopic (exact) mass is 427 g/mol. The molecule has 0 saturated carbocycles. The van der Waals surface area contributed by atoms with Crippen molar-refractivity contribution in [2.45, 2.75) is 25.8 Å². The number of benzene rings is 1. The van der Waals surface area contributed by atoms with Crippen molar-refractivity contribution < 1.29 is 14.3 Å². The first-order valence-corrected chi connectivity index (χ1v) is 11.6. The topological polar surface area (TPSA) is 53.1 Å². The van der Waals surface area contributed by atoms with E-state index in [2.05, 4.69) is 16.3 Å². The summed E-state index contributed by atoms with van der Waals surface area (Å²) < 4.78 is 5.76. The SMILES string of the molecule is O=C(CCC(=O)N1CCc2sccc2C1)N1CCN(CCOc2ccccc2)CC1. The Kier molecular flexibility index (Phi) is 7.02. The van der Waals surface area contributed by atoms with Crippen molar-refractivity contribution in [2.24, 2.45) is 0 Å². The maximum atomic E-state index is 12.6. The maximum absolute atomic E-state index is 12.6. The average molecular weight is 428 g/mol. The van der Waals surface area contributed by atoms with Gasteiger partial charge in [-0.05, 0) is 35.6 Å². The zero-order valence-corrected chi connectivity index (χ0v) is 18.1. The first-order valence-electron chi connectivity index (χ1n) is 10.7. The van der Waals surface area contributed by atoms with Crippen molar-refractivity contribution in [3.8, 4) is 5.75 Å². The highest BCUT2D eigenvalue weighted by molar-refractivity contribution is 7.10. The van der Waals surface area contributed by atoms with Gasteiger partial charge in [-0.1, -0.05) is 18.2 Å². The number of carbonyl (C=O) groups is 2. The van der Waals surface area contributed by atoms with E-state index in [0.717, 1.165) is 51.4 Å². The number of carbonyl (C=O) groups excluding carboxylic acids is 2. The van der Waals surface area contributed by atoms with Crippen LogP contribution >= 0.6 is 11.3 Å². The highest BCUT2D eigenvalue weighted by Gasteiger charge is 2.24. The van der Waals surface area contributed by atoms with Crippen molar-refractivity contribution in [3.63, 3.8) is 0 Å². The number of para-hydroxylation sites is 1. The summed E-state index contributed by atoms with van der Waals surface area (Å²) in [5.41, 5.74) is 1.26. The molecule has 1 aromatic heterocycles. The van der Waals surface area contributed by atoms with Gasteiger partial charge in [-0.15, -0.1) is 11.3 Å². The Labute approximate surface area is 182 Å². The van der Waals surface area contributed by atoms with Gasteiger partial charge in [0.15, 0.2) is 0 Å². The molecule has 30 heavy (non-hydrogen) atoms. The standard InChI is InChI=1S/C23H29N3O3S/c27-22(6-7-23(28)26-10-8-21-19(18-26)9-17-30-21)25-13-11-24(12-14-25)15-16-29-20-4-2-1-3-5-20/h1-5,9,17H,6-8,10-16,18H2. The number of piperazine rings is 1. The number of hydrogen-bond donors (Lipinski definition) is 0. The minimum Gasteiger partial charge on any atom is -0.492 e. The van der Waals surface area contributed by atoms with Crippen LogP contribution in [0.15, 0.2) is 41.8 Å². The van der Waals surface area contributed by atoms with Crippen LogP contribution in [0.2, 0.25) is 0 Å². The molecule has 0 spiro atoms. The molecular formula is C23H29N3O3S. The molecule has 1 fully saturated rings. The van der Waals surface area contributed by atoms with Crippen LogP contribution < -0.4 is 4.74 Å². The summed E-state index contributed by atoms with van der Waals surface area (Å²) in [6.07, 6.45) is 1.55. The van der Waals surface area contributed by atoms with E-state index in [4.69, 9.17) is 4.74 Å². The molecule has 0 N–H and O–H groups in total. The fourth-order valence-corrected chi connectivity index (χ4v) is 4.91. The molecule has 1 saturated heterocycles. The molecule has 2 aliphatic rings. The fraction of sp³-hybridized carbons (Fsp3) is 0.478. The second kappa shape index (κ2) is 10.1. The Morgan fingerprint density at radius 3 is 2.40 bits per heavy atom. The lowest BCUT2D eigenvalue weighted by atomic mass is 10.1. The van der Waals surface area contributed by atoms with Gasteiger partial charge < -0.3 is 14.5 Å². The number of hydrogen-bond acceptors (Lipinski definition) is 5. The lowest BCUT2D eigenvalue weighted by Gasteiger charge is -2.34. The van der Waals surface area contributed by atoms with Crippen molar-refractivity contribution in [2.75, 3.05) is 45.9 Å². The molecule has 6 nitrogen and oxygen atoms in total. The van der Waals surface area contributed by atoms with Gasteiger partial charge in [0, 0.05) is 63.5 Å². The highest BCUT2D eigenvalue weighted by Crippen LogP contribution is 2.24. The second-order valence-corrected chi connectivity index (χ2v) is 8.82. The molecule has 4 rings (SSSR count). The van der Waals surface area contributed by atoms with E-state index in [0.29, 0.717) is 26.0 Å². The van der Waals surface area contributed by atoms with E-state index in [1.165, 1.54) is 10.4 Å². The molecule has 0 unspecified atom stereocenters. The molecule has 2 aromatic rings. The van der Waals surface area contributed by atoms with E-state index in [1.54, 1.807) is 11.3 Å². The summed E-state index contributed by atoms with van der Waals surface area (Å²) in [6.45, 7) is 6.11. The number of fused-ring (bicyclic) bond motifs is 1. The van der Waals surface area contributed by atoms with Crippen molar-refractivity contribution in [1.29, 1.82) is 0 Å². The van der Waals surface area contributed by atoms with Crippen LogP contribution in [0.1, 0.15) is 23.3 Å². The molecule has 1 aromatic carbocycles. The molecule has 0 atom stereocenters. The first kappa shape index (κ1) is 20.9. The Balaban J connectivity index is 1.13. The van der Waals surface area contributed by atoms with E-state index in [-0.39, 0.29) is 11.8 Å². The van der Waals surface area contributed by atoms with Crippen molar-refractivity contribution >= 4 is 23.2 Å². The van der Waals surface area contributed by atoms with Crippen LogP contribution in [0, 0.1) is 0 Å². The number of amides is 2. The van der Waals surface area contributed by atoms with Gasteiger partial charge >= 0.3 is 0 Å². The number of rotatable bonds is 7. The molecule has 0 bridgehead atoms. The molecule has 160 valence electrons. The predicted molar refractivity (Wildman–Crippen MR) is 118 cm³/mol. The summed E-state index contributed by atoms with van der Waals surface area (Å²) >= 11 is 1.77. The van der Waals surface area contributed by atoms with Crippen LogP contribution in [-0.4, -0.2) is 72.4 Å². The Morgan fingerprint density at radius 1 is 0.900 bits per heavy atom. The van der Waals surface area contributed by atoms with E-state index in [9.17, 15) is 9.59 Å². The molecule has 2 aliphatic heterocycles. The van der Waals surface area contributed by atoms with E-state index in [1.807, 2.05) is 40.1 Å². The molecular weight excluding hydrogens is 398 g/mol. The maximum Gasteiger partial charge on any atom is 0.223 e. The Hall–Kier alpha value is -2.38. The van der Waals surface area contributed by atoms with Crippen molar-refractivity contribution in [1.82, 2.24) is 14.7 Å². The Bertz CT molecular complexity index is 846. The van der Waals surface area contributed by atoms with Gasteiger partial charge in [-0.3, -0.25) is 14.5 Å². The smallest absolute Gasteiger partial charge is 0.223 e. The third kappa shape index (κ3) is 5.40. The normalized spacial score (nSPS) is 16.9. The summed E-state index contributed by atoms with van der Waals surface area (Å²) in [6, 6.07) is 11.9. The number of ether oxygens (including phenoxy) is 1. The number of nitrogens with zero attached hydrogens (tertiary/aromatic N) is 3. The molecule has 0 radical (unpaired) electrons. The van der Waals surface area contributed by atoms with Gasteiger partial charge in [0.1, 0.15) is 12.4 Å². The van der Waals surface area contributed by atoms with Crippen LogP contribution in [0.4, 0.5) is 0 Å². The van der Waals surface area contributed by atoms with Crippen LogP contribution in [0.25, 0.3) is 0 Å². The van der Waals surface area contributed by atoms with E-state index >= 15 is 0 Å². The molecule has 0 aliphatic carbocycles. The van der Waals surface area contributed by atoms with Gasteiger partial charge in [0.05, 0.1) is 0 Å². The van der Waals surface area contributed by atoms with Gasteiger partial charge in [0.2, 0.25) is 11.8 Å². The first-order chi connectivity index (χ1) is 14.7. The molecule has 2 amide bonds. The minimum absolute atomic E-state index is 0.0942. The number of thiophene rings is 1. The lowest BCUT2D eigenvalue weighted by molar-refractivity contribution is -0.138. The summed E-state index contributed by atoms with van der Waals surface area (Å²) in [7, 11) is 0. The van der Waals surface area contributed by atoms with Crippen LogP contribution in [0.5, 0.6) is 5.75 Å². The summed E-state index contributed by atoms with van der Waals surface area (Å²) in [5.74, 6) is 1.08. The quantitative estimate of drug-likeness (QED) is 0.682. The third-order valence-corrected chi connectivity index (χ3v) is 6.88. The van der Waals surface area contributed by atoms with E-state index < -0.39 is 0 Å². The van der Waals surface area contributed by atoms with Gasteiger partial charge in [0.25, 0.3) is 0 Å². The second-order valence-electron chi connectivity index (χ2n) is 7.82. The van der Waals surface area contributed by atoms with Crippen LogP contribution in [0.3, 0.4) is 0 Å². The lowest BCUT2D eigenvalue weighted by Crippen LogP contribution is -2.49. The summed E-state index contributed by atoms with van der Waals surface area (Å²) in [4.78, 5) is 32.6. The third-order valence-electron chi connectivity index (χ3n) is 5.86. The minimum atomic E-state index is 0.0942. The van der Waals surface area contributed by atoms with Crippen LogP contribution in [-0.2, 0) is 22.6 Å². The predicted octanol–water partition coefficient (Wildman–Crippen LogP) is 2.64. The summed E-state index contributed by atoms with van der Waals surface area (Å²) in [5, 5.41) is 2.09. The van der Waals surface area contributed by atoms with Crippen molar-refractivity contribution in [3.05, 3.63) is 52.2 Å². The highest BCUT2D eigenvalue weighted by atomic mass is 32.1. The molecule has 3 heterocycles. The zero-order valence-electron chi connectivity index (χ0n) is 17.3. The van der Waals surface area contributed by atoms with Gasteiger partial charge in [-0.25, -0.2) is 0 Å². The average Bonchev–Trinajstić information content (AvgIpc) is 3.26. The largest absolute Gasteiger partial charge is 0.492 e. The Morgan fingerprint density at radius 2 is 1.63 bits per heavy atom. The molecule has 7 heteroatoms. The van der Waals surface area contributed by atoms with Gasteiger partial charge in [-0.2, -0.15) is 0 Å². The fourth-order valence-electron chi connectivity index (χ4n) is 4.02. The zero-order chi connectivity index (χ0) is 20.8.